The molecule has 1 aromatic carbocycles. The third-order valence-electron chi connectivity index (χ3n) is 3.00. The molecular weight excluding hydrogens is 224 g/mol. The van der Waals surface area contributed by atoms with Crippen molar-refractivity contribution in [3.63, 3.8) is 0 Å². The van der Waals surface area contributed by atoms with Gasteiger partial charge in [-0.15, -0.1) is 0 Å². The van der Waals surface area contributed by atoms with E-state index in [1.165, 1.54) is 16.8 Å². The molecule has 0 aliphatic carbocycles. The molecule has 1 N–H and O–H groups in total. The van der Waals surface area contributed by atoms with Gasteiger partial charge >= 0.3 is 0 Å². The van der Waals surface area contributed by atoms with E-state index in [4.69, 9.17) is 4.74 Å². The molecule has 102 valence electrons. The Hall–Kier alpha value is -1.06. The Bertz CT molecular complexity index is 339. The molecule has 0 spiro atoms. The monoisotopic (exact) mass is 250 g/mol. The molecule has 18 heavy (non-hydrogen) atoms. The van der Waals surface area contributed by atoms with Crippen LogP contribution in [0.4, 0.5) is 5.69 Å². The van der Waals surface area contributed by atoms with Gasteiger partial charge in [0, 0.05) is 32.4 Å². The minimum absolute atomic E-state index is 0.366. The predicted octanol–water partition coefficient (Wildman–Crippen LogP) is 2.36. The van der Waals surface area contributed by atoms with Gasteiger partial charge in [0.05, 0.1) is 6.61 Å². The summed E-state index contributed by atoms with van der Waals surface area (Å²) in [6.45, 7) is 9.06. The topological polar surface area (TPSA) is 24.5 Å². The van der Waals surface area contributed by atoms with Crippen molar-refractivity contribution >= 4 is 5.69 Å². The summed E-state index contributed by atoms with van der Waals surface area (Å²) in [7, 11) is 3.88. The van der Waals surface area contributed by atoms with Crippen LogP contribution >= 0.6 is 0 Å². The van der Waals surface area contributed by atoms with Crippen LogP contribution in [0.3, 0.4) is 0 Å². The lowest BCUT2D eigenvalue weighted by atomic mass is 10.1. The first-order valence-corrected chi connectivity index (χ1v) is 6.58. The standard InChI is InChI=1S/C15H26N2O/c1-6-16-14(11-18-5)10-17(4)15-8-12(2)7-13(3)9-15/h7-9,14,16H,6,10-11H2,1-5H3. The first-order valence-electron chi connectivity index (χ1n) is 6.58. The van der Waals surface area contributed by atoms with Crippen LogP contribution in [0.1, 0.15) is 18.1 Å². The zero-order chi connectivity index (χ0) is 13.5. The van der Waals surface area contributed by atoms with Crippen molar-refractivity contribution in [2.45, 2.75) is 26.8 Å². The van der Waals surface area contributed by atoms with E-state index in [1.54, 1.807) is 7.11 Å². The molecule has 1 atom stereocenters. The van der Waals surface area contributed by atoms with Crippen molar-refractivity contribution in [1.29, 1.82) is 0 Å². The van der Waals surface area contributed by atoms with E-state index in [-0.39, 0.29) is 0 Å². The minimum Gasteiger partial charge on any atom is -0.383 e. The molecule has 0 saturated heterocycles. The lowest BCUT2D eigenvalue weighted by Gasteiger charge is -2.26. The molecule has 0 bridgehead atoms. The van der Waals surface area contributed by atoms with E-state index in [2.05, 4.69) is 56.2 Å². The van der Waals surface area contributed by atoms with Gasteiger partial charge in [-0.3, -0.25) is 0 Å². The van der Waals surface area contributed by atoms with Gasteiger partial charge in [0.1, 0.15) is 0 Å². The Morgan fingerprint density at radius 3 is 2.33 bits per heavy atom. The highest BCUT2D eigenvalue weighted by Crippen LogP contribution is 2.17. The highest BCUT2D eigenvalue weighted by atomic mass is 16.5. The summed E-state index contributed by atoms with van der Waals surface area (Å²) in [6, 6.07) is 7.02. The molecule has 0 aliphatic heterocycles. The lowest BCUT2D eigenvalue weighted by molar-refractivity contribution is 0.169. The van der Waals surface area contributed by atoms with Crippen molar-refractivity contribution in [3.05, 3.63) is 29.3 Å². The van der Waals surface area contributed by atoms with Gasteiger partial charge in [-0.25, -0.2) is 0 Å². The number of likely N-dealkylation sites (N-methyl/N-ethyl adjacent to an activating group) is 2. The summed E-state index contributed by atoms with van der Waals surface area (Å²) in [5.41, 5.74) is 3.89. The summed E-state index contributed by atoms with van der Waals surface area (Å²) in [4.78, 5) is 2.28. The van der Waals surface area contributed by atoms with Crippen LogP contribution in [-0.4, -0.2) is 39.9 Å². The number of methoxy groups -OCH3 is 1. The van der Waals surface area contributed by atoms with Crippen LogP contribution in [0.25, 0.3) is 0 Å². The van der Waals surface area contributed by atoms with Crippen molar-refractivity contribution in [2.75, 3.05) is 38.8 Å². The number of anilines is 1. The van der Waals surface area contributed by atoms with Crippen molar-refractivity contribution in [1.82, 2.24) is 5.32 Å². The SMILES string of the molecule is CCNC(COC)CN(C)c1cc(C)cc(C)c1. The quantitative estimate of drug-likeness (QED) is 0.804. The molecule has 0 aromatic heterocycles. The highest BCUT2D eigenvalue weighted by Gasteiger charge is 2.11. The second kappa shape index (κ2) is 7.39. The average molecular weight is 250 g/mol. The van der Waals surface area contributed by atoms with Crippen molar-refractivity contribution < 1.29 is 4.74 Å². The largest absolute Gasteiger partial charge is 0.383 e. The van der Waals surface area contributed by atoms with Gasteiger partial charge < -0.3 is 15.0 Å². The van der Waals surface area contributed by atoms with E-state index in [0.717, 1.165) is 19.7 Å². The Balaban J connectivity index is 2.69. The van der Waals surface area contributed by atoms with Crippen LogP contribution in [0.5, 0.6) is 0 Å². The predicted molar refractivity (Wildman–Crippen MR) is 78.5 cm³/mol. The number of rotatable bonds is 7. The van der Waals surface area contributed by atoms with E-state index >= 15 is 0 Å². The first-order chi connectivity index (χ1) is 8.56. The fraction of sp³-hybridized carbons (Fsp3) is 0.600. The molecule has 1 rings (SSSR count). The summed E-state index contributed by atoms with van der Waals surface area (Å²) in [6.07, 6.45) is 0. The van der Waals surface area contributed by atoms with Gasteiger partial charge in [0.15, 0.2) is 0 Å². The molecule has 1 aromatic rings. The van der Waals surface area contributed by atoms with Gasteiger partial charge in [0.25, 0.3) is 0 Å². The zero-order valence-corrected chi connectivity index (χ0v) is 12.3. The van der Waals surface area contributed by atoms with E-state index in [1.807, 2.05) is 0 Å². The average Bonchev–Trinajstić information content (AvgIpc) is 2.28. The molecule has 3 heteroatoms. The number of hydrogen-bond donors (Lipinski definition) is 1. The molecule has 1 unspecified atom stereocenters. The lowest BCUT2D eigenvalue weighted by Crippen LogP contribution is -2.42. The smallest absolute Gasteiger partial charge is 0.0633 e. The van der Waals surface area contributed by atoms with E-state index in [0.29, 0.717) is 6.04 Å². The second-order valence-electron chi connectivity index (χ2n) is 4.94. The number of nitrogens with zero attached hydrogens (tertiary/aromatic N) is 1. The molecule has 0 saturated carbocycles. The Morgan fingerprint density at radius 2 is 1.83 bits per heavy atom. The molecule has 0 aliphatic rings. The minimum atomic E-state index is 0.366. The Morgan fingerprint density at radius 1 is 1.22 bits per heavy atom. The number of nitrogens with one attached hydrogen (secondary N) is 1. The summed E-state index contributed by atoms with van der Waals surface area (Å²) in [5, 5.41) is 3.45. The fourth-order valence-corrected chi connectivity index (χ4v) is 2.27. The van der Waals surface area contributed by atoms with Crippen molar-refractivity contribution in [2.24, 2.45) is 0 Å². The van der Waals surface area contributed by atoms with Crippen LogP contribution < -0.4 is 10.2 Å². The molecule has 0 radical (unpaired) electrons. The zero-order valence-electron chi connectivity index (χ0n) is 12.3. The van der Waals surface area contributed by atoms with Gasteiger partial charge in [-0.2, -0.15) is 0 Å². The van der Waals surface area contributed by atoms with Crippen LogP contribution in [-0.2, 0) is 4.74 Å². The molecule has 0 amide bonds. The third-order valence-corrected chi connectivity index (χ3v) is 3.00. The Kier molecular flexibility index (Phi) is 6.16. The van der Waals surface area contributed by atoms with Gasteiger partial charge in [-0.05, 0) is 43.7 Å². The van der Waals surface area contributed by atoms with E-state index < -0.39 is 0 Å². The summed E-state index contributed by atoms with van der Waals surface area (Å²) in [5.74, 6) is 0. The number of aryl methyl sites for hydroxylation is 2. The number of hydrogen-bond acceptors (Lipinski definition) is 3. The molecule has 3 nitrogen and oxygen atoms in total. The third kappa shape index (κ3) is 4.67. The number of benzene rings is 1. The highest BCUT2D eigenvalue weighted by molar-refractivity contribution is 5.50. The summed E-state index contributed by atoms with van der Waals surface area (Å²) >= 11 is 0. The molecule has 0 fully saturated rings. The van der Waals surface area contributed by atoms with Crippen LogP contribution in [0.15, 0.2) is 18.2 Å². The Labute approximate surface area is 111 Å². The van der Waals surface area contributed by atoms with Crippen LogP contribution in [0.2, 0.25) is 0 Å². The van der Waals surface area contributed by atoms with Crippen LogP contribution in [0, 0.1) is 13.8 Å². The van der Waals surface area contributed by atoms with Crippen molar-refractivity contribution in [3.8, 4) is 0 Å². The first kappa shape index (κ1) is 15.0. The molecule has 0 heterocycles. The maximum Gasteiger partial charge on any atom is 0.0633 e. The van der Waals surface area contributed by atoms with Gasteiger partial charge in [0.2, 0.25) is 0 Å². The second-order valence-corrected chi connectivity index (χ2v) is 4.94. The summed E-state index contributed by atoms with van der Waals surface area (Å²) < 4.78 is 5.25. The van der Waals surface area contributed by atoms with Gasteiger partial charge in [-0.1, -0.05) is 13.0 Å². The maximum absolute atomic E-state index is 5.25. The normalized spacial score (nSPS) is 12.5. The fourth-order valence-electron chi connectivity index (χ4n) is 2.27. The van der Waals surface area contributed by atoms with E-state index in [9.17, 15) is 0 Å². The molecular formula is C15H26N2O. The maximum atomic E-state index is 5.25. The number of ether oxygens (including phenoxy) is 1.